The number of ketones is 2. The SMILES string of the molecule is CC(=O)c1c[n+](Cc2cccc([N+](=O)[O-])c2)ccc1CC1CCc2cc(C)ccc2C1=O.[Br-]. The Morgan fingerprint density at radius 3 is 2.70 bits per heavy atom. The molecule has 7 heteroatoms. The Morgan fingerprint density at radius 2 is 1.97 bits per heavy atom. The minimum Gasteiger partial charge on any atom is -1.00 e. The molecule has 1 unspecified atom stereocenters. The molecule has 1 atom stereocenters. The van der Waals surface area contributed by atoms with Gasteiger partial charge in [0.05, 0.1) is 10.5 Å². The van der Waals surface area contributed by atoms with Gasteiger partial charge in [-0.2, -0.15) is 0 Å². The van der Waals surface area contributed by atoms with Crippen LogP contribution in [0.4, 0.5) is 5.69 Å². The Labute approximate surface area is 203 Å². The molecule has 1 aromatic heterocycles. The van der Waals surface area contributed by atoms with E-state index < -0.39 is 4.92 Å². The second-order valence-corrected chi connectivity index (χ2v) is 8.50. The van der Waals surface area contributed by atoms with Crippen molar-refractivity contribution in [2.75, 3.05) is 0 Å². The smallest absolute Gasteiger partial charge is 0.269 e. The number of carbonyl (C=O) groups is 2. The number of aromatic nitrogens is 1. The van der Waals surface area contributed by atoms with Crippen LogP contribution in [0.5, 0.6) is 0 Å². The summed E-state index contributed by atoms with van der Waals surface area (Å²) in [6, 6.07) is 14.3. The van der Waals surface area contributed by atoms with Crippen LogP contribution >= 0.6 is 0 Å². The molecule has 0 bridgehead atoms. The molecule has 0 saturated heterocycles. The van der Waals surface area contributed by atoms with Gasteiger partial charge in [0.1, 0.15) is 0 Å². The lowest BCUT2D eigenvalue weighted by molar-refractivity contribution is -0.688. The number of nitro groups is 1. The fourth-order valence-corrected chi connectivity index (χ4v) is 4.45. The molecule has 0 radical (unpaired) electrons. The largest absolute Gasteiger partial charge is 1.00 e. The molecule has 0 spiro atoms. The Balaban J connectivity index is 0.00000306. The summed E-state index contributed by atoms with van der Waals surface area (Å²) in [5.41, 5.74) is 5.33. The number of hydrogen-bond acceptors (Lipinski definition) is 4. The Kier molecular flexibility index (Phi) is 7.53. The topological polar surface area (TPSA) is 81.2 Å². The third-order valence-electron chi connectivity index (χ3n) is 6.10. The van der Waals surface area contributed by atoms with E-state index in [1.165, 1.54) is 19.1 Å². The average Bonchev–Trinajstić information content (AvgIpc) is 2.76. The van der Waals surface area contributed by atoms with Gasteiger partial charge in [0.2, 0.25) is 0 Å². The highest BCUT2D eigenvalue weighted by Crippen LogP contribution is 2.29. The first-order valence-corrected chi connectivity index (χ1v) is 10.7. The lowest BCUT2D eigenvalue weighted by Gasteiger charge is -2.24. The lowest BCUT2D eigenvalue weighted by Crippen LogP contribution is -3.00. The number of pyridine rings is 1. The number of carbonyl (C=O) groups excluding carboxylic acids is 2. The highest BCUT2D eigenvalue weighted by molar-refractivity contribution is 6.01. The normalized spacial score (nSPS) is 14.8. The maximum atomic E-state index is 13.1. The van der Waals surface area contributed by atoms with Crippen molar-refractivity contribution in [2.24, 2.45) is 5.92 Å². The minimum atomic E-state index is -0.418. The van der Waals surface area contributed by atoms with Crippen LogP contribution in [0.25, 0.3) is 0 Å². The van der Waals surface area contributed by atoms with Crippen molar-refractivity contribution >= 4 is 17.3 Å². The van der Waals surface area contributed by atoms with Crippen LogP contribution in [-0.2, 0) is 19.4 Å². The second kappa shape index (κ2) is 10.2. The molecule has 170 valence electrons. The fraction of sp³-hybridized carbons (Fsp3) is 0.269. The molecule has 4 rings (SSSR count). The quantitative estimate of drug-likeness (QED) is 0.218. The highest BCUT2D eigenvalue weighted by Gasteiger charge is 2.29. The zero-order valence-corrected chi connectivity index (χ0v) is 20.2. The van der Waals surface area contributed by atoms with Gasteiger partial charge in [0.25, 0.3) is 5.69 Å². The highest BCUT2D eigenvalue weighted by atomic mass is 79.9. The summed E-state index contributed by atoms with van der Waals surface area (Å²) in [6.45, 7) is 3.97. The van der Waals surface area contributed by atoms with Crippen LogP contribution in [0.15, 0.2) is 60.9 Å². The van der Waals surface area contributed by atoms with E-state index in [1.807, 2.05) is 42.0 Å². The maximum absolute atomic E-state index is 13.1. The molecule has 0 aliphatic heterocycles. The molecule has 3 aromatic rings. The summed E-state index contributed by atoms with van der Waals surface area (Å²) in [7, 11) is 0. The molecule has 1 aliphatic rings. The van der Waals surface area contributed by atoms with Crippen molar-refractivity contribution in [3.8, 4) is 0 Å². The molecule has 1 heterocycles. The summed E-state index contributed by atoms with van der Waals surface area (Å²) in [5, 5.41) is 11.0. The van der Waals surface area contributed by atoms with E-state index in [1.54, 1.807) is 12.3 Å². The van der Waals surface area contributed by atoms with Gasteiger partial charge < -0.3 is 17.0 Å². The first-order valence-electron chi connectivity index (χ1n) is 10.7. The number of hydrogen-bond donors (Lipinski definition) is 0. The minimum absolute atomic E-state index is 0. The molecule has 0 amide bonds. The third-order valence-corrected chi connectivity index (χ3v) is 6.10. The first-order chi connectivity index (χ1) is 15.3. The van der Waals surface area contributed by atoms with Crippen LogP contribution in [0.3, 0.4) is 0 Å². The second-order valence-electron chi connectivity index (χ2n) is 8.50. The van der Waals surface area contributed by atoms with E-state index in [2.05, 4.69) is 6.07 Å². The zero-order valence-electron chi connectivity index (χ0n) is 18.6. The fourth-order valence-electron chi connectivity index (χ4n) is 4.45. The molecule has 33 heavy (non-hydrogen) atoms. The molecule has 1 aliphatic carbocycles. The summed E-state index contributed by atoms with van der Waals surface area (Å²) in [4.78, 5) is 36.1. The molecular weight excluding hydrogens is 484 g/mol. The Morgan fingerprint density at radius 1 is 1.18 bits per heavy atom. The molecule has 0 N–H and O–H groups in total. The summed E-state index contributed by atoms with van der Waals surface area (Å²) < 4.78 is 1.85. The Bertz CT molecular complexity index is 1240. The molecule has 0 fully saturated rings. The van der Waals surface area contributed by atoms with Gasteiger partial charge >= 0.3 is 0 Å². The van der Waals surface area contributed by atoms with Gasteiger partial charge in [-0.3, -0.25) is 19.7 Å². The number of Topliss-reactive ketones (excluding diaryl/α,β-unsaturated/α-hetero) is 2. The molecule has 0 saturated carbocycles. The van der Waals surface area contributed by atoms with E-state index in [0.717, 1.165) is 40.7 Å². The monoisotopic (exact) mass is 508 g/mol. The van der Waals surface area contributed by atoms with Gasteiger partial charge in [0.15, 0.2) is 30.5 Å². The number of rotatable bonds is 6. The number of nitrogens with zero attached hydrogens (tertiary/aromatic N) is 2. The van der Waals surface area contributed by atoms with E-state index >= 15 is 0 Å². The third kappa shape index (κ3) is 5.42. The predicted molar refractivity (Wildman–Crippen MR) is 120 cm³/mol. The molecule has 2 aromatic carbocycles. The number of non-ortho nitro benzene ring substituents is 1. The van der Waals surface area contributed by atoms with Gasteiger partial charge in [-0.15, -0.1) is 0 Å². The van der Waals surface area contributed by atoms with Gasteiger partial charge in [-0.05, 0) is 44.2 Å². The van der Waals surface area contributed by atoms with Crippen molar-refractivity contribution in [3.63, 3.8) is 0 Å². The van der Waals surface area contributed by atoms with E-state index in [0.29, 0.717) is 18.5 Å². The van der Waals surface area contributed by atoms with E-state index in [4.69, 9.17) is 0 Å². The number of nitro benzene ring substituents is 1. The van der Waals surface area contributed by atoms with Crippen molar-refractivity contribution in [3.05, 3.63) is 104 Å². The number of fused-ring (bicyclic) bond motifs is 1. The van der Waals surface area contributed by atoms with E-state index in [-0.39, 0.29) is 40.2 Å². The van der Waals surface area contributed by atoms with Crippen LogP contribution in [0, 0.1) is 23.0 Å². The maximum Gasteiger partial charge on any atom is 0.269 e. The Hall–Kier alpha value is -3.19. The molecular formula is C26H25BrN2O4. The van der Waals surface area contributed by atoms with Crippen LogP contribution < -0.4 is 21.5 Å². The number of halogens is 1. The van der Waals surface area contributed by atoms with Crippen molar-refractivity contribution in [2.45, 2.75) is 39.7 Å². The standard InChI is InChI=1S/C26H25N2O4.BrH/c1-17-6-9-24-20(12-17)7-8-22(26(24)30)14-21-10-11-27(16-25(21)18(2)29)15-19-4-3-5-23(13-19)28(31)32;/h3-6,9-13,16,22H,7-8,14-15H2,1-2H3;1H/q+1;/p-1. The molecule has 6 nitrogen and oxygen atoms in total. The summed E-state index contributed by atoms with van der Waals surface area (Å²) >= 11 is 0. The predicted octanol–water partition coefficient (Wildman–Crippen LogP) is 1.43. The van der Waals surface area contributed by atoms with Crippen molar-refractivity contribution in [1.29, 1.82) is 0 Å². The number of aryl methyl sites for hydroxylation is 2. The summed E-state index contributed by atoms with van der Waals surface area (Å²) in [5.74, 6) is -0.0577. The van der Waals surface area contributed by atoms with Gasteiger partial charge in [-0.25, -0.2) is 4.57 Å². The lowest BCUT2D eigenvalue weighted by atomic mass is 9.79. The van der Waals surface area contributed by atoms with Gasteiger partial charge in [0, 0.05) is 35.2 Å². The van der Waals surface area contributed by atoms with Crippen molar-refractivity contribution < 1.29 is 36.1 Å². The van der Waals surface area contributed by atoms with Crippen LogP contribution in [-0.4, -0.2) is 16.5 Å². The van der Waals surface area contributed by atoms with Crippen molar-refractivity contribution in [1.82, 2.24) is 0 Å². The van der Waals surface area contributed by atoms with Crippen LogP contribution in [0.1, 0.15) is 56.3 Å². The average molecular weight is 509 g/mol. The first kappa shape index (κ1) is 24.5. The van der Waals surface area contributed by atoms with Crippen LogP contribution in [0.2, 0.25) is 0 Å². The zero-order chi connectivity index (χ0) is 22.8. The number of benzene rings is 2. The van der Waals surface area contributed by atoms with E-state index in [9.17, 15) is 19.7 Å². The van der Waals surface area contributed by atoms with Gasteiger partial charge in [-0.1, -0.05) is 35.9 Å². The summed E-state index contributed by atoms with van der Waals surface area (Å²) in [6.07, 6.45) is 5.81.